The fourth-order valence-electron chi connectivity index (χ4n) is 2.73. The van der Waals surface area contributed by atoms with Crippen molar-refractivity contribution in [2.75, 3.05) is 29.5 Å². The van der Waals surface area contributed by atoms with E-state index in [9.17, 15) is 0 Å². The number of hydrogen-bond acceptors (Lipinski definition) is 6. The quantitative estimate of drug-likeness (QED) is 0.760. The largest absolute Gasteiger partial charge is 0.393 e. The summed E-state index contributed by atoms with van der Waals surface area (Å²) < 4.78 is 5.61. The van der Waals surface area contributed by atoms with Crippen molar-refractivity contribution in [1.82, 2.24) is 9.97 Å². The number of hydrogen-bond donors (Lipinski definition) is 3. The first kappa shape index (κ1) is 15.6. The molecule has 1 aromatic carbocycles. The van der Waals surface area contributed by atoms with E-state index >= 15 is 0 Å². The van der Waals surface area contributed by atoms with Crippen LogP contribution in [0.25, 0.3) is 0 Å². The van der Waals surface area contributed by atoms with Crippen molar-refractivity contribution in [3.05, 3.63) is 36.2 Å². The van der Waals surface area contributed by atoms with E-state index in [4.69, 9.17) is 10.5 Å². The van der Waals surface area contributed by atoms with E-state index in [-0.39, 0.29) is 6.10 Å². The predicted octanol–water partition coefficient (Wildman–Crippen LogP) is 2.96. The van der Waals surface area contributed by atoms with Gasteiger partial charge in [-0.05, 0) is 30.9 Å². The van der Waals surface area contributed by atoms with Gasteiger partial charge in [0, 0.05) is 18.8 Å². The summed E-state index contributed by atoms with van der Waals surface area (Å²) in [6.07, 6.45) is 4.89. The molecule has 6 nitrogen and oxygen atoms in total. The van der Waals surface area contributed by atoms with Gasteiger partial charge in [0.1, 0.15) is 12.0 Å². The van der Waals surface area contributed by atoms with Crippen molar-refractivity contribution in [3.8, 4) is 0 Å². The third-order valence-electron chi connectivity index (χ3n) is 4.06. The average Bonchev–Trinajstić information content (AvgIpc) is 3.09. The lowest BCUT2D eigenvalue weighted by molar-refractivity contribution is 0.120. The van der Waals surface area contributed by atoms with Gasteiger partial charge in [0.25, 0.3) is 0 Å². The number of nitrogens with two attached hydrogens (primary N) is 1. The van der Waals surface area contributed by atoms with Gasteiger partial charge >= 0.3 is 0 Å². The first-order chi connectivity index (χ1) is 11.3. The molecule has 1 atom stereocenters. The second-order valence-electron chi connectivity index (χ2n) is 5.64. The Balaban J connectivity index is 1.73. The molecule has 2 heterocycles. The highest BCUT2D eigenvalue weighted by Gasteiger charge is 2.16. The highest BCUT2D eigenvalue weighted by atomic mass is 16.5. The Kier molecular flexibility index (Phi) is 4.92. The topological polar surface area (TPSA) is 85.1 Å². The molecule has 0 aliphatic carbocycles. The van der Waals surface area contributed by atoms with E-state index in [1.807, 2.05) is 18.2 Å². The summed E-state index contributed by atoms with van der Waals surface area (Å²) in [4.78, 5) is 8.51. The third-order valence-corrected chi connectivity index (χ3v) is 4.06. The number of aryl methyl sites for hydroxylation is 1. The highest BCUT2D eigenvalue weighted by molar-refractivity contribution is 5.78. The molecule has 0 spiro atoms. The number of nitrogen functional groups attached to an aromatic ring is 1. The summed E-state index contributed by atoms with van der Waals surface area (Å²) in [5.41, 5.74) is 8.98. The van der Waals surface area contributed by atoms with Crippen LogP contribution in [0, 0.1) is 0 Å². The molecule has 6 heteroatoms. The van der Waals surface area contributed by atoms with Crippen LogP contribution in [0.5, 0.6) is 0 Å². The Morgan fingerprint density at radius 2 is 2.09 bits per heavy atom. The Labute approximate surface area is 136 Å². The van der Waals surface area contributed by atoms with Crippen LogP contribution in [-0.4, -0.2) is 29.2 Å². The van der Waals surface area contributed by atoms with Gasteiger partial charge in [-0.3, -0.25) is 0 Å². The molecule has 1 aliphatic heterocycles. The minimum Gasteiger partial charge on any atom is -0.393 e. The van der Waals surface area contributed by atoms with Crippen LogP contribution < -0.4 is 16.4 Å². The molecule has 3 rings (SSSR count). The average molecular weight is 313 g/mol. The maximum atomic E-state index is 6.22. The van der Waals surface area contributed by atoms with E-state index in [1.165, 1.54) is 11.9 Å². The molecule has 4 N–H and O–H groups in total. The first-order valence-corrected chi connectivity index (χ1v) is 8.08. The monoisotopic (exact) mass is 313 g/mol. The molecule has 0 amide bonds. The van der Waals surface area contributed by atoms with Gasteiger partial charge in [0.2, 0.25) is 0 Å². The number of nitrogens with zero attached hydrogens (tertiary/aromatic N) is 2. The zero-order valence-corrected chi connectivity index (χ0v) is 13.4. The number of rotatable bonds is 6. The van der Waals surface area contributed by atoms with Crippen LogP contribution in [0.3, 0.4) is 0 Å². The Morgan fingerprint density at radius 3 is 2.87 bits per heavy atom. The van der Waals surface area contributed by atoms with E-state index in [2.05, 4.69) is 33.6 Å². The molecule has 1 fully saturated rings. The summed E-state index contributed by atoms with van der Waals surface area (Å²) >= 11 is 0. The first-order valence-electron chi connectivity index (χ1n) is 8.08. The predicted molar refractivity (Wildman–Crippen MR) is 93.0 cm³/mol. The van der Waals surface area contributed by atoms with Crippen LogP contribution in [0.1, 0.15) is 25.3 Å². The molecule has 0 saturated carbocycles. The molecular formula is C17H23N5O. The lowest BCUT2D eigenvalue weighted by atomic mass is 10.1. The van der Waals surface area contributed by atoms with Crippen molar-refractivity contribution < 1.29 is 4.74 Å². The molecular weight excluding hydrogens is 290 g/mol. The lowest BCUT2D eigenvalue weighted by Crippen LogP contribution is -2.20. The second kappa shape index (κ2) is 7.28. The number of aromatic nitrogens is 2. The van der Waals surface area contributed by atoms with E-state index in [1.54, 1.807) is 0 Å². The fourth-order valence-corrected chi connectivity index (χ4v) is 2.73. The zero-order chi connectivity index (χ0) is 16.1. The van der Waals surface area contributed by atoms with E-state index in [0.29, 0.717) is 23.9 Å². The van der Waals surface area contributed by atoms with Crippen LogP contribution >= 0.6 is 0 Å². The summed E-state index contributed by atoms with van der Waals surface area (Å²) in [7, 11) is 0. The maximum absolute atomic E-state index is 6.22. The second-order valence-corrected chi connectivity index (χ2v) is 5.64. The van der Waals surface area contributed by atoms with Gasteiger partial charge < -0.3 is 21.1 Å². The summed E-state index contributed by atoms with van der Waals surface area (Å²) in [6.45, 7) is 3.68. The standard InChI is InChI=1S/C17H23N5O/c1-2-12-6-3-4-8-14(12)22-17-15(18)16(20-11-21-17)19-10-13-7-5-9-23-13/h3-4,6,8,11,13H,2,5,7,9-10,18H2,1H3,(H2,19,20,21,22). The highest BCUT2D eigenvalue weighted by Crippen LogP contribution is 2.27. The molecule has 0 bridgehead atoms. The van der Waals surface area contributed by atoms with Gasteiger partial charge in [-0.15, -0.1) is 0 Å². The lowest BCUT2D eigenvalue weighted by Gasteiger charge is -2.16. The number of nitrogens with one attached hydrogen (secondary N) is 2. The minimum absolute atomic E-state index is 0.238. The SMILES string of the molecule is CCc1ccccc1Nc1ncnc(NCC2CCCO2)c1N. The molecule has 23 heavy (non-hydrogen) atoms. The Morgan fingerprint density at radius 1 is 1.26 bits per heavy atom. The van der Waals surface area contributed by atoms with E-state index < -0.39 is 0 Å². The maximum Gasteiger partial charge on any atom is 0.159 e. The molecule has 0 radical (unpaired) electrons. The summed E-state index contributed by atoms with van der Waals surface area (Å²) in [5, 5.41) is 6.58. The summed E-state index contributed by atoms with van der Waals surface area (Å²) in [6, 6.07) is 8.15. The molecule has 1 unspecified atom stereocenters. The molecule has 1 saturated heterocycles. The van der Waals surface area contributed by atoms with Gasteiger partial charge in [-0.2, -0.15) is 0 Å². The van der Waals surface area contributed by atoms with Crippen molar-refractivity contribution in [3.63, 3.8) is 0 Å². The van der Waals surface area contributed by atoms with Crippen LogP contribution in [-0.2, 0) is 11.2 Å². The van der Waals surface area contributed by atoms with Crippen LogP contribution in [0.4, 0.5) is 23.0 Å². The fraction of sp³-hybridized carbons (Fsp3) is 0.412. The zero-order valence-electron chi connectivity index (χ0n) is 13.4. The van der Waals surface area contributed by atoms with Gasteiger partial charge in [-0.1, -0.05) is 25.1 Å². The van der Waals surface area contributed by atoms with Crippen molar-refractivity contribution >= 4 is 23.0 Å². The number of para-hydroxylation sites is 1. The van der Waals surface area contributed by atoms with Crippen LogP contribution in [0.2, 0.25) is 0 Å². The normalized spacial score (nSPS) is 17.2. The van der Waals surface area contributed by atoms with Crippen LogP contribution in [0.15, 0.2) is 30.6 Å². The molecule has 2 aromatic rings. The Bertz CT molecular complexity index is 655. The van der Waals surface area contributed by atoms with Gasteiger partial charge in [0.05, 0.1) is 6.10 Å². The summed E-state index contributed by atoms with van der Waals surface area (Å²) in [5.74, 6) is 1.27. The molecule has 1 aromatic heterocycles. The number of benzene rings is 1. The van der Waals surface area contributed by atoms with Crippen molar-refractivity contribution in [2.24, 2.45) is 0 Å². The van der Waals surface area contributed by atoms with Crippen molar-refractivity contribution in [1.29, 1.82) is 0 Å². The Hall–Kier alpha value is -2.34. The third kappa shape index (κ3) is 3.71. The van der Waals surface area contributed by atoms with Gasteiger partial charge in [-0.25, -0.2) is 9.97 Å². The molecule has 122 valence electrons. The number of ether oxygens (including phenoxy) is 1. The minimum atomic E-state index is 0.238. The van der Waals surface area contributed by atoms with Crippen molar-refractivity contribution in [2.45, 2.75) is 32.3 Å². The molecule has 1 aliphatic rings. The number of anilines is 4. The van der Waals surface area contributed by atoms with E-state index in [0.717, 1.165) is 31.6 Å². The van der Waals surface area contributed by atoms with Gasteiger partial charge in [0.15, 0.2) is 11.6 Å². The smallest absolute Gasteiger partial charge is 0.159 e.